The Morgan fingerprint density at radius 3 is 2.56 bits per heavy atom. The van der Waals surface area contributed by atoms with E-state index in [1.165, 1.54) is 0 Å². The maximum atomic E-state index is 13.8. The van der Waals surface area contributed by atoms with E-state index in [9.17, 15) is 4.79 Å². The van der Waals surface area contributed by atoms with Crippen LogP contribution < -0.4 is 11.3 Å². The molecule has 1 aromatic carbocycles. The predicted octanol–water partition coefficient (Wildman–Crippen LogP) is 5.31. The fourth-order valence-electron chi connectivity index (χ4n) is 4.83. The van der Waals surface area contributed by atoms with E-state index in [1.807, 2.05) is 60.9 Å². The van der Waals surface area contributed by atoms with Crippen LogP contribution in [-0.2, 0) is 6.54 Å². The summed E-state index contributed by atoms with van der Waals surface area (Å²) in [7, 11) is 0. The summed E-state index contributed by atoms with van der Waals surface area (Å²) in [5.41, 5.74) is 10.7. The number of nitrogens with two attached hydrogens (primary N) is 1. The van der Waals surface area contributed by atoms with E-state index in [-0.39, 0.29) is 11.6 Å². The van der Waals surface area contributed by atoms with Gasteiger partial charge in [0.25, 0.3) is 5.56 Å². The van der Waals surface area contributed by atoms with Crippen LogP contribution in [0.4, 0.5) is 0 Å². The van der Waals surface area contributed by atoms with Gasteiger partial charge in [0.05, 0.1) is 5.69 Å². The number of aromatic nitrogens is 4. The average Bonchev–Trinajstić information content (AvgIpc) is 2.82. The topological polar surface area (TPSA) is 86.7 Å². The van der Waals surface area contributed by atoms with Crippen molar-refractivity contribution in [1.82, 2.24) is 19.5 Å². The Balaban J connectivity index is 1.60. The van der Waals surface area contributed by atoms with Crippen LogP contribution in [0.15, 0.2) is 53.5 Å². The predicted molar refractivity (Wildman–Crippen MR) is 137 cm³/mol. The number of benzene rings is 1. The molecule has 4 aromatic rings. The number of aryl methyl sites for hydroxylation is 2. The van der Waals surface area contributed by atoms with Crippen LogP contribution in [0.3, 0.4) is 0 Å². The molecule has 2 N–H and O–H groups in total. The van der Waals surface area contributed by atoms with Gasteiger partial charge in [0.15, 0.2) is 0 Å². The van der Waals surface area contributed by atoms with Crippen molar-refractivity contribution in [2.45, 2.75) is 52.1 Å². The monoisotopic (exact) mass is 473 g/mol. The lowest BCUT2D eigenvalue weighted by Crippen LogP contribution is -2.31. The van der Waals surface area contributed by atoms with Gasteiger partial charge in [-0.25, -0.2) is 9.97 Å². The number of fused-ring (bicyclic) bond motifs is 1. The van der Waals surface area contributed by atoms with E-state index < -0.39 is 0 Å². The molecule has 1 saturated carbocycles. The molecule has 5 rings (SSSR count). The first-order valence-electron chi connectivity index (χ1n) is 11.8. The van der Waals surface area contributed by atoms with Gasteiger partial charge in [-0.15, -0.1) is 0 Å². The van der Waals surface area contributed by atoms with E-state index >= 15 is 0 Å². The summed E-state index contributed by atoms with van der Waals surface area (Å²) in [4.78, 5) is 27.4. The third-order valence-electron chi connectivity index (χ3n) is 6.72. The summed E-state index contributed by atoms with van der Waals surface area (Å²) >= 11 is 6.74. The smallest absolute Gasteiger partial charge is 0.260 e. The Morgan fingerprint density at radius 1 is 1.03 bits per heavy atom. The molecule has 0 amide bonds. The van der Waals surface area contributed by atoms with Gasteiger partial charge in [0.2, 0.25) is 0 Å². The molecule has 0 radical (unpaired) electrons. The molecule has 0 spiro atoms. The van der Waals surface area contributed by atoms with Gasteiger partial charge in [0, 0.05) is 51.6 Å². The maximum absolute atomic E-state index is 13.8. The molecule has 0 bridgehead atoms. The highest BCUT2D eigenvalue weighted by molar-refractivity contribution is 6.33. The lowest BCUT2D eigenvalue weighted by Gasteiger charge is -2.27. The van der Waals surface area contributed by atoms with E-state index in [1.54, 1.807) is 6.20 Å². The molecule has 3 aromatic heterocycles. The third kappa shape index (κ3) is 4.48. The largest absolute Gasteiger partial charge is 0.328 e. The Hall–Kier alpha value is -3.09. The lowest BCUT2D eigenvalue weighted by atomic mass is 9.86. The number of hydrogen-bond donors (Lipinski definition) is 1. The molecule has 0 aliphatic heterocycles. The number of pyridine rings is 2. The van der Waals surface area contributed by atoms with Crippen molar-refractivity contribution in [2.24, 2.45) is 11.7 Å². The van der Waals surface area contributed by atoms with Gasteiger partial charge >= 0.3 is 0 Å². The summed E-state index contributed by atoms with van der Waals surface area (Å²) in [6.45, 7) is 4.42. The normalized spacial score (nSPS) is 18.4. The van der Waals surface area contributed by atoms with Crippen molar-refractivity contribution in [1.29, 1.82) is 0 Å². The van der Waals surface area contributed by atoms with Gasteiger partial charge in [-0.1, -0.05) is 29.8 Å². The minimum Gasteiger partial charge on any atom is -0.328 e. The van der Waals surface area contributed by atoms with Crippen LogP contribution in [0, 0.1) is 19.8 Å². The van der Waals surface area contributed by atoms with E-state index in [0.717, 1.165) is 48.0 Å². The van der Waals surface area contributed by atoms with Gasteiger partial charge in [0.1, 0.15) is 11.5 Å². The zero-order chi connectivity index (χ0) is 23.8. The number of nitrogens with zero attached hydrogens (tertiary/aromatic N) is 4. The van der Waals surface area contributed by atoms with Crippen molar-refractivity contribution in [2.75, 3.05) is 0 Å². The first kappa shape index (κ1) is 22.7. The molecule has 34 heavy (non-hydrogen) atoms. The lowest BCUT2D eigenvalue weighted by molar-refractivity contribution is 0.295. The first-order valence-corrected chi connectivity index (χ1v) is 12.1. The minimum absolute atomic E-state index is 0.0798. The molecule has 174 valence electrons. The van der Waals surface area contributed by atoms with Crippen molar-refractivity contribution >= 4 is 22.6 Å². The molecule has 1 aliphatic carbocycles. The van der Waals surface area contributed by atoms with Crippen LogP contribution in [0.1, 0.15) is 37.2 Å². The van der Waals surface area contributed by atoms with Gasteiger partial charge in [-0.05, 0) is 69.7 Å². The van der Waals surface area contributed by atoms with Crippen molar-refractivity contribution in [3.8, 4) is 22.4 Å². The number of hydrogen-bond acceptors (Lipinski definition) is 5. The minimum atomic E-state index is -0.0798. The highest BCUT2D eigenvalue weighted by atomic mass is 35.5. The molecular formula is C27H28ClN5O. The summed E-state index contributed by atoms with van der Waals surface area (Å²) < 4.78 is 1.81. The highest BCUT2D eigenvalue weighted by Gasteiger charge is 2.22. The second-order valence-corrected chi connectivity index (χ2v) is 9.72. The zero-order valence-corrected chi connectivity index (χ0v) is 20.2. The van der Waals surface area contributed by atoms with Crippen molar-refractivity contribution < 1.29 is 0 Å². The summed E-state index contributed by atoms with van der Waals surface area (Å²) in [6.07, 6.45) is 5.80. The highest BCUT2D eigenvalue weighted by Crippen LogP contribution is 2.32. The van der Waals surface area contributed by atoms with E-state index in [4.69, 9.17) is 17.3 Å². The van der Waals surface area contributed by atoms with Gasteiger partial charge in [-0.2, -0.15) is 0 Å². The molecule has 0 saturated heterocycles. The third-order valence-corrected chi connectivity index (χ3v) is 7.04. The summed E-state index contributed by atoms with van der Waals surface area (Å²) in [5, 5.41) is 1.34. The van der Waals surface area contributed by atoms with E-state index in [2.05, 4.69) is 15.0 Å². The van der Waals surface area contributed by atoms with Crippen LogP contribution >= 0.6 is 11.6 Å². The molecule has 6 nitrogen and oxygen atoms in total. The van der Waals surface area contributed by atoms with Gasteiger partial charge < -0.3 is 5.73 Å². The Labute approximate surface area is 203 Å². The molecule has 7 heteroatoms. The van der Waals surface area contributed by atoms with Crippen LogP contribution in [0.25, 0.3) is 33.4 Å². The van der Waals surface area contributed by atoms with Crippen molar-refractivity contribution in [3.05, 3.63) is 75.6 Å². The maximum Gasteiger partial charge on any atom is 0.260 e. The molecule has 1 aliphatic rings. The molecule has 1 fully saturated rings. The Kier molecular flexibility index (Phi) is 6.19. The summed E-state index contributed by atoms with van der Waals surface area (Å²) in [6, 6.07) is 13.8. The van der Waals surface area contributed by atoms with Crippen molar-refractivity contribution in [3.63, 3.8) is 0 Å². The first-order chi connectivity index (χ1) is 16.4. The standard InChI is InChI=1S/C27H28ClN5O/c1-16-4-3-5-25(31-16)19-8-11-22(24(28)13-19)23-12-20-14-30-17(2)32-26(20)33(27(23)34)15-18-6-9-21(29)10-7-18/h3-5,8,11-14,18,21H,6-7,9-10,15,29H2,1-2H3/t18-,21-. The Bertz CT molecular complexity index is 1420. The SMILES string of the molecule is Cc1cccc(-c2ccc(-c3cc4cnc(C)nc4n(C[C@H]4CC[C@H](N)CC4)c3=O)c(Cl)c2)n1. The zero-order valence-electron chi connectivity index (χ0n) is 19.5. The molecule has 0 atom stereocenters. The van der Waals surface area contributed by atoms with E-state index in [0.29, 0.717) is 40.1 Å². The van der Waals surface area contributed by atoms with Crippen LogP contribution in [0.2, 0.25) is 5.02 Å². The summed E-state index contributed by atoms with van der Waals surface area (Å²) in [5.74, 6) is 1.04. The molecule has 0 unspecified atom stereocenters. The fraction of sp³-hybridized carbons (Fsp3) is 0.333. The quantitative estimate of drug-likeness (QED) is 0.434. The van der Waals surface area contributed by atoms with Gasteiger partial charge in [-0.3, -0.25) is 14.3 Å². The molecule has 3 heterocycles. The second-order valence-electron chi connectivity index (χ2n) is 9.31. The Morgan fingerprint density at radius 2 is 1.82 bits per heavy atom. The van der Waals surface area contributed by atoms with Crippen LogP contribution in [0.5, 0.6) is 0 Å². The number of rotatable bonds is 4. The average molecular weight is 474 g/mol. The second kappa shape index (κ2) is 9.28. The molecular weight excluding hydrogens is 446 g/mol. The fourth-order valence-corrected chi connectivity index (χ4v) is 5.11. The van der Waals surface area contributed by atoms with Crippen LogP contribution in [-0.4, -0.2) is 25.6 Å². The number of halogens is 1.